The standard InChI is InChI=1S/C28H29NO3/c1-3-23-26(32-23)28(25(30)22-17-11-6-12-18-22)24(21-15-9-5-10-16-21)29(27(28)31)19(2)20-13-7-4-8-14-20/h4-19,23-26,30H,3H2,1-2H3/t19-,23-,24+,25+,26+,28+/m1/s1. The molecule has 6 atom stereocenters. The topological polar surface area (TPSA) is 53.1 Å². The van der Waals surface area contributed by atoms with E-state index in [1.54, 1.807) is 0 Å². The van der Waals surface area contributed by atoms with Gasteiger partial charge in [0.1, 0.15) is 11.5 Å². The van der Waals surface area contributed by atoms with Gasteiger partial charge < -0.3 is 14.7 Å². The lowest BCUT2D eigenvalue weighted by Crippen LogP contribution is -2.68. The minimum atomic E-state index is -1.05. The van der Waals surface area contributed by atoms with E-state index in [-0.39, 0.29) is 30.2 Å². The van der Waals surface area contributed by atoms with Gasteiger partial charge in [-0.3, -0.25) is 4.79 Å². The number of hydrogen-bond acceptors (Lipinski definition) is 3. The van der Waals surface area contributed by atoms with Gasteiger partial charge in [-0.05, 0) is 30.0 Å². The third-order valence-electron chi connectivity index (χ3n) is 7.17. The highest BCUT2D eigenvalue weighted by Gasteiger charge is 2.75. The van der Waals surface area contributed by atoms with Gasteiger partial charge in [0.15, 0.2) is 0 Å². The SMILES string of the molecule is CC[C@H]1O[C@@H]1[C@]1([C@@H](O)c2ccccc2)C(=O)N([C@H](C)c2ccccc2)[C@H]1c1ccccc1. The lowest BCUT2D eigenvalue weighted by atomic mass is 9.59. The van der Waals surface area contributed by atoms with Crippen LogP contribution in [0.5, 0.6) is 0 Å². The largest absolute Gasteiger partial charge is 0.387 e. The number of carbonyl (C=O) groups is 1. The van der Waals surface area contributed by atoms with E-state index in [9.17, 15) is 9.90 Å². The molecule has 0 aliphatic carbocycles. The van der Waals surface area contributed by atoms with Crippen LogP contribution in [-0.4, -0.2) is 28.1 Å². The summed E-state index contributed by atoms with van der Waals surface area (Å²) in [6.45, 7) is 4.13. The van der Waals surface area contributed by atoms with Gasteiger partial charge in [-0.2, -0.15) is 0 Å². The molecule has 2 aliphatic rings. The molecule has 2 heterocycles. The van der Waals surface area contributed by atoms with Crippen LogP contribution in [0.1, 0.15) is 55.1 Å². The third-order valence-corrected chi connectivity index (χ3v) is 7.17. The van der Waals surface area contributed by atoms with Crippen LogP contribution in [0.25, 0.3) is 0 Å². The third kappa shape index (κ3) is 3.09. The molecule has 2 aliphatic heterocycles. The molecule has 1 N–H and O–H groups in total. The van der Waals surface area contributed by atoms with Crippen LogP contribution in [0.2, 0.25) is 0 Å². The van der Waals surface area contributed by atoms with Gasteiger partial charge in [0.25, 0.3) is 0 Å². The van der Waals surface area contributed by atoms with Crippen molar-refractivity contribution in [3.05, 3.63) is 108 Å². The summed E-state index contributed by atoms with van der Waals surface area (Å²) in [5, 5.41) is 11.8. The fourth-order valence-corrected chi connectivity index (χ4v) is 5.47. The van der Waals surface area contributed by atoms with Crippen molar-refractivity contribution >= 4 is 5.91 Å². The van der Waals surface area contributed by atoms with Crippen molar-refractivity contribution < 1.29 is 14.6 Å². The molecule has 5 rings (SSSR count). The van der Waals surface area contributed by atoms with Crippen LogP contribution in [0.15, 0.2) is 91.0 Å². The molecule has 2 fully saturated rings. The highest BCUT2D eigenvalue weighted by molar-refractivity contribution is 5.93. The van der Waals surface area contributed by atoms with Crippen LogP contribution < -0.4 is 0 Å². The first-order valence-electron chi connectivity index (χ1n) is 11.4. The van der Waals surface area contributed by atoms with E-state index in [2.05, 4.69) is 38.1 Å². The molecule has 0 radical (unpaired) electrons. The molecular formula is C28H29NO3. The predicted octanol–water partition coefficient (Wildman–Crippen LogP) is 5.23. The van der Waals surface area contributed by atoms with Crippen LogP contribution >= 0.6 is 0 Å². The summed E-state index contributed by atoms with van der Waals surface area (Å²) >= 11 is 0. The van der Waals surface area contributed by atoms with Crippen molar-refractivity contribution in [3.8, 4) is 0 Å². The van der Waals surface area contributed by atoms with E-state index in [1.165, 1.54) is 0 Å². The fraction of sp³-hybridized carbons (Fsp3) is 0.321. The van der Waals surface area contributed by atoms with E-state index >= 15 is 0 Å². The lowest BCUT2D eigenvalue weighted by Gasteiger charge is -2.60. The lowest BCUT2D eigenvalue weighted by molar-refractivity contribution is -0.201. The molecule has 3 aromatic rings. The molecule has 0 bridgehead atoms. The van der Waals surface area contributed by atoms with Gasteiger partial charge in [-0.25, -0.2) is 0 Å². The number of β-lactam (4-membered cyclic amide) rings is 1. The van der Waals surface area contributed by atoms with Crippen molar-refractivity contribution in [2.45, 2.75) is 50.7 Å². The highest BCUT2D eigenvalue weighted by atomic mass is 16.6. The van der Waals surface area contributed by atoms with E-state index in [0.717, 1.165) is 23.1 Å². The first kappa shape index (κ1) is 20.9. The number of benzene rings is 3. The second kappa shape index (κ2) is 8.19. The van der Waals surface area contributed by atoms with Crippen molar-refractivity contribution in [1.29, 1.82) is 0 Å². The van der Waals surface area contributed by atoms with Gasteiger partial charge >= 0.3 is 0 Å². The molecule has 164 valence electrons. The summed E-state index contributed by atoms with van der Waals surface area (Å²) in [6.07, 6.45) is -0.462. The smallest absolute Gasteiger partial charge is 0.238 e. The predicted molar refractivity (Wildman–Crippen MR) is 124 cm³/mol. The molecule has 4 nitrogen and oxygen atoms in total. The maximum atomic E-state index is 14.1. The van der Waals surface area contributed by atoms with Gasteiger partial charge in [0.05, 0.1) is 24.3 Å². The number of nitrogens with zero attached hydrogens (tertiary/aromatic N) is 1. The van der Waals surface area contributed by atoms with Gasteiger partial charge in [-0.1, -0.05) is 97.9 Å². The first-order chi connectivity index (χ1) is 15.6. The average molecular weight is 428 g/mol. The number of ether oxygens (including phenoxy) is 1. The molecule has 32 heavy (non-hydrogen) atoms. The van der Waals surface area contributed by atoms with E-state index < -0.39 is 11.5 Å². The summed E-state index contributed by atoms with van der Waals surface area (Å²) in [4.78, 5) is 16.1. The first-order valence-corrected chi connectivity index (χ1v) is 11.4. The minimum Gasteiger partial charge on any atom is -0.387 e. The molecule has 1 amide bonds. The summed E-state index contributed by atoms with van der Waals surface area (Å²) in [5.74, 6) is -0.0417. The highest BCUT2D eigenvalue weighted by Crippen LogP contribution is 2.65. The van der Waals surface area contributed by atoms with Crippen LogP contribution in [0, 0.1) is 5.41 Å². The zero-order valence-electron chi connectivity index (χ0n) is 18.5. The molecular weight excluding hydrogens is 398 g/mol. The Morgan fingerprint density at radius 2 is 1.44 bits per heavy atom. The molecule has 3 aromatic carbocycles. The van der Waals surface area contributed by atoms with Crippen molar-refractivity contribution in [2.24, 2.45) is 5.41 Å². The molecule has 4 heteroatoms. The normalized spacial score (nSPS) is 28.7. The zero-order valence-corrected chi connectivity index (χ0v) is 18.5. The molecule has 0 unspecified atom stereocenters. The summed E-state index contributed by atoms with van der Waals surface area (Å²) in [5.41, 5.74) is 1.80. The number of epoxide rings is 1. The number of aliphatic hydroxyl groups is 1. The number of carbonyl (C=O) groups excluding carboxylic acids is 1. The van der Waals surface area contributed by atoms with Crippen LogP contribution in [-0.2, 0) is 9.53 Å². The Balaban J connectivity index is 1.64. The zero-order chi connectivity index (χ0) is 22.3. The quantitative estimate of drug-likeness (QED) is 0.415. The molecule has 2 saturated heterocycles. The second-order valence-electron chi connectivity index (χ2n) is 8.86. The minimum absolute atomic E-state index is 0.0160. The van der Waals surface area contributed by atoms with Crippen LogP contribution in [0.3, 0.4) is 0 Å². The monoisotopic (exact) mass is 427 g/mol. The molecule has 0 aromatic heterocycles. The maximum Gasteiger partial charge on any atom is 0.238 e. The molecule has 0 spiro atoms. The van der Waals surface area contributed by atoms with E-state index in [1.807, 2.05) is 71.6 Å². The van der Waals surface area contributed by atoms with Gasteiger partial charge in [0, 0.05) is 0 Å². The summed E-state index contributed by atoms with van der Waals surface area (Å²) < 4.78 is 6.06. The number of likely N-dealkylation sites (tertiary alicyclic amines) is 1. The van der Waals surface area contributed by atoms with Crippen molar-refractivity contribution in [1.82, 2.24) is 4.90 Å². The van der Waals surface area contributed by atoms with Gasteiger partial charge in [0.2, 0.25) is 5.91 Å². The Bertz CT molecular complexity index is 1070. The Morgan fingerprint density at radius 3 is 1.97 bits per heavy atom. The second-order valence-corrected chi connectivity index (χ2v) is 8.86. The number of aliphatic hydroxyl groups excluding tert-OH is 1. The Kier molecular flexibility index (Phi) is 5.36. The van der Waals surface area contributed by atoms with E-state index in [0.29, 0.717) is 0 Å². The van der Waals surface area contributed by atoms with Crippen molar-refractivity contribution in [3.63, 3.8) is 0 Å². The number of hydrogen-bond donors (Lipinski definition) is 1. The molecule has 0 saturated carbocycles. The van der Waals surface area contributed by atoms with E-state index in [4.69, 9.17) is 4.74 Å². The Morgan fingerprint density at radius 1 is 0.906 bits per heavy atom. The Hall–Kier alpha value is -2.95. The van der Waals surface area contributed by atoms with Gasteiger partial charge in [-0.15, -0.1) is 0 Å². The number of amides is 1. The maximum absolute atomic E-state index is 14.1. The fourth-order valence-electron chi connectivity index (χ4n) is 5.47. The van der Waals surface area contributed by atoms with Crippen LogP contribution in [0.4, 0.5) is 0 Å². The number of rotatable bonds is 7. The summed E-state index contributed by atoms with van der Waals surface area (Å²) in [7, 11) is 0. The van der Waals surface area contributed by atoms with Crippen molar-refractivity contribution in [2.75, 3.05) is 0 Å². The average Bonchev–Trinajstić information content (AvgIpc) is 3.64. The Labute approximate surface area is 189 Å². The summed E-state index contributed by atoms with van der Waals surface area (Å²) in [6, 6.07) is 29.3.